The summed E-state index contributed by atoms with van der Waals surface area (Å²) in [6.45, 7) is 0.900. The largest absolute Gasteiger partial charge is 0.481 e. The van der Waals surface area contributed by atoms with E-state index in [1.54, 1.807) is 4.90 Å². The Hall–Kier alpha value is -1.26. The van der Waals surface area contributed by atoms with Crippen LogP contribution in [0.3, 0.4) is 0 Å². The van der Waals surface area contributed by atoms with Crippen molar-refractivity contribution in [3.63, 3.8) is 0 Å². The number of guanidine groups is 1. The fourth-order valence-corrected chi connectivity index (χ4v) is 3.22. The topological polar surface area (TPSA) is 90.4 Å². The van der Waals surface area contributed by atoms with Gasteiger partial charge < -0.3 is 15.7 Å². The first-order valence-electron chi connectivity index (χ1n) is 10.8. The maximum absolute atomic E-state index is 10.4. The summed E-state index contributed by atoms with van der Waals surface area (Å²) in [7, 11) is 1.88. The van der Waals surface area contributed by atoms with E-state index in [1.807, 2.05) is 7.05 Å². The maximum atomic E-state index is 10.4. The van der Waals surface area contributed by atoms with Gasteiger partial charge >= 0.3 is 5.97 Å². The van der Waals surface area contributed by atoms with Crippen molar-refractivity contribution < 1.29 is 9.90 Å². The SMILES string of the molecule is CN(CCCCCCCCCCCCCCCCCCC(=O)O)C(=N)N. The standard InChI is InChI=1S/C21H43N3O2/c1-24(21(22)23)19-17-15-13-11-9-7-5-3-2-4-6-8-10-12-14-16-18-20(25)26/h2-19H2,1H3,(H3,22,23)(H,25,26). The molecule has 0 heterocycles. The van der Waals surface area contributed by atoms with Crippen LogP contribution in [0.25, 0.3) is 0 Å². The van der Waals surface area contributed by atoms with Crippen LogP contribution in [-0.2, 0) is 4.79 Å². The Kier molecular flexibility index (Phi) is 17.6. The van der Waals surface area contributed by atoms with Gasteiger partial charge in [-0.1, -0.05) is 89.9 Å². The number of carbonyl (C=O) groups is 1. The number of aliphatic carboxylic acids is 1. The van der Waals surface area contributed by atoms with Crippen LogP contribution in [-0.4, -0.2) is 35.5 Å². The van der Waals surface area contributed by atoms with Crippen molar-refractivity contribution in [2.45, 2.75) is 109 Å². The molecular formula is C21H43N3O2. The molecule has 5 nitrogen and oxygen atoms in total. The molecule has 0 aromatic carbocycles. The summed E-state index contributed by atoms with van der Waals surface area (Å²) >= 11 is 0. The molecule has 0 aliphatic rings. The van der Waals surface area contributed by atoms with Crippen LogP contribution in [0.4, 0.5) is 0 Å². The van der Waals surface area contributed by atoms with Gasteiger partial charge in [0.05, 0.1) is 0 Å². The molecule has 0 aromatic rings. The Morgan fingerprint density at radius 3 is 1.35 bits per heavy atom. The van der Waals surface area contributed by atoms with E-state index in [-0.39, 0.29) is 5.96 Å². The highest BCUT2D eigenvalue weighted by molar-refractivity contribution is 5.74. The Morgan fingerprint density at radius 1 is 0.731 bits per heavy atom. The summed E-state index contributed by atoms with van der Waals surface area (Å²) in [4.78, 5) is 12.2. The van der Waals surface area contributed by atoms with Gasteiger partial charge in [0.2, 0.25) is 0 Å². The van der Waals surface area contributed by atoms with Crippen LogP contribution in [0.5, 0.6) is 0 Å². The molecule has 0 saturated carbocycles. The second-order valence-corrected chi connectivity index (χ2v) is 7.61. The van der Waals surface area contributed by atoms with E-state index in [1.165, 1.54) is 83.5 Å². The second-order valence-electron chi connectivity index (χ2n) is 7.61. The van der Waals surface area contributed by atoms with Crippen molar-refractivity contribution in [1.82, 2.24) is 4.90 Å². The molecule has 0 unspecified atom stereocenters. The lowest BCUT2D eigenvalue weighted by molar-refractivity contribution is -0.137. The molecule has 0 spiro atoms. The van der Waals surface area contributed by atoms with Gasteiger partial charge in [-0.05, 0) is 12.8 Å². The predicted octanol–water partition coefficient (Wildman–Crippen LogP) is 5.53. The minimum Gasteiger partial charge on any atom is -0.481 e. The van der Waals surface area contributed by atoms with E-state index in [9.17, 15) is 4.79 Å². The van der Waals surface area contributed by atoms with Gasteiger partial charge in [-0.2, -0.15) is 0 Å². The minimum atomic E-state index is -0.664. The third-order valence-corrected chi connectivity index (χ3v) is 5.05. The van der Waals surface area contributed by atoms with E-state index in [0.29, 0.717) is 6.42 Å². The number of rotatable bonds is 19. The smallest absolute Gasteiger partial charge is 0.303 e. The van der Waals surface area contributed by atoms with E-state index in [4.69, 9.17) is 16.2 Å². The average Bonchev–Trinajstić information content (AvgIpc) is 2.60. The molecule has 0 bridgehead atoms. The Bertz CT molecular complexity index is 348. The Labute approximate surface area is 161 Å². The molecule has 0 saturated heterocycles. The van der Waals surface area contributed by atoms with E-state index >= 15 is 0 Å². The van der Waals surface area contributed by atoms with E-state index in [2.05, 4.69) is 0 Å². The highest BCUT2D eigenvalue weighted by atomic mass is 16.4. The van der Waals surface area contributed by atoms with Gasteiger partial charge in [-0.3, -0.25) is 10.2 Å². The second kappa shape index (κ2) is 18.5. The summed E-state index contributed by atoms with van der Waals surface area (Å²) in [5.41, 5.74) is 5.41. The molecule has 0 amide bonds. The molecule has 0 aliphatic carbocycles. The van der Waals surface area contributed by atoms with Gasteiger partial charge in [-0.15, -0.1) is 0 Å². The molecule has 0 fully saturated rings. The van der Waals surface area contributed by atoms with Crippen molar-refractivity contribution in [1.29, 1.82) is 5.41 Å². The molecule has 26 heavy (non-hydrogen) atoms. The Balaban J connectivity index is 3.07. The molecule has 0 aliphatic heterocycles. The number of carboxylic acid groups (broad SMARTS) is 1. The highest BCUT2D eigenvalue weighted by Crippen LogP contribution is 2.14. The van der Waals surface area contributed by atoms with Crippen LogP contribution in [0.2, 0.25) is 0 Å². The first-order chi connectivity index (χ1) is 12.5. The van der Waals surface area contributed by atoms with Gasteiger partial charge in [0, 0.05) is 20.0 Å². The number of nitrogens with zero attached hydrogens (tertiary/aromatic N) is 1. The first kappa shape index (κ1) is 24.7. The molecule has 0 aromatic heterocycles. The average molecular weight is 370 g/mol. The van der Waals surface area contributed by atoms with Crippen molar-refractivity contribution in [2.75, 3.05) is 13.6 Å². The molecule has 4 N–H and O–H groups in total. The van der Waals surface area contributed by atoms with Crippen molar-refractivity contribution in [3.05, 3.63) is 0 Å². The summed E-state index contributed by atoms with van der Waals surface area (Å²) in [5.74, 6) is -0.497. The van der Waals surface area contributed by atoms with Gasteiger partial charge in [0.25, 0.3) is 0 Å². The summed E-state index contributed by atoms with van der Waals surface area (Å²) in [5, 5.41) is 15.9. The molecule has 5 heteroatoms. The molecule has 0 rings (SSSR count). The van der Waals surface area contributed by atoms with Gasteiger partial charge in [-0.25, -0.2) is 0 Å². The fraction of sp³-hybridized carbons (Fsp3) is 0.905. The zero-order valence-electron chi connectivity index (χ0n) is 17.1. The number of hydrogen-bond donors (Lipinski definition) is 3. The van der Waals surface area contributed by atoms with Crippen LogP contribution < -0.4 is 5.73 Å². The predicted molar refractivity (Wildman–Crippen MR) is 111 cm³/mol. The monoisotopic (exact) mass is 369 g/mol. The number of nitrogens with one attached hydrogen (secondary N) is 1. The quantitative estimate of drug-likeness (QED) is 0.159. The fourth-order valence-electron chi connectivity index (χ4n) is 3.22. The number of nitrogens with two attached hydrogens (primary N) is 1. The van der Waals surface area contributed by atoms with E-state index < -0.39 is 5.97 Å². The van der Waals surface area contributed by atoms with Crippen LogP contribution in [0.1, 0.15) is 109 Å². The van der Waals surface area contributed by atoms with Crippen molar-refractivity contribution >= 4 is 11.9 Å². The van der Waals surface area contributed by atoms with Gasteiger partial charge in [0.1, 0.15) is 0 Å². The van der Waals surface area contributed by atoms with Crippen LogP contribution >= 0.6 is 0 Å². The van der Waals surface area contributed by atoms with Crippen LogP contribution in [0.15, 0.2) is 0 Å². The van der Waals surface area contributed by atoms with Crippen LogP contribution in [0, 0.1) is 5.41 Å². The zero-order chi connectivity index (χ0) is 19.5. The lowest BCUT2D eigenvalue weighted by Gasteiger charge is -2.15. The molecule has 154 valence electrons. The molecule has 0 radical (unpaired) electrons. The third kappa shape index (κ3) is 19.1. The van der Waals surface area contributed by atoms with Crippen molar-refractivity contribution in [3.8, 4) is 0 Å². The number of hydrogen-bond acceptors (Lipinski definition) is 2. The maximum Gasteiger partial charge on any atom is 0.303 e. The lowest BCUT2D eigenvalue weighted by atomic mass is 10.0. The molecular weight excluding hydrogens is 326 g/mol. The lowest BCUT2D eigenvalue weighted by Crippen LogP contribution is -2.33. The first-order valence-corrected chi connectivity index (χ1v) is 10.8. The van der Waals surface area contributed by atoms with Crippen molar-refractivity contribution in [2.24, 2.45) is 5.73 Å². The third-order valence-electron chi connectivity index (χ3n) is 5.05. The summed E-state index contributed by atoms with van der Waals surface area (Å²) < 4.78 is 0. The zero-order valence-corrected chi connectivity index (χ0v) is 17.1. The highest BCUT2D eigenvalue weighted by Gasteiger charge is 1.99. The number of unbranched alkanes of at least 4 members (excludes halogenated alkanes) is 15. The number of carboxylic acids is 1. The summed E-state index contributed by atoms with van der Waals surface area (Å²) in [6.07, 6.45) is 20.6. The molecule has 0 atom stereocenters. The normalized spacial score (nSPS) is 10.8. The Morgan fingerprint density at radius 2 is 1.04 bits per heavy atom. The van der Waals surface area contributed by atoms with Gasteiger partial charge in [0.15, 0.2) is 5.96 Å². The minimum absolute atomic E-state index is 0.167. The van der Waals surface area contributed by atoms with E-state index in [0.717, 1.165) is 25.8 Å². The summed E-state index contributed by atoms with van der Waals surface area (Å²) in [6, 6.07) is 0.